The van der Waals surface area contributed by atoms with Gasteiger partial charge >= 0.3 is 0 Å². The summed E-state index contributed by atoms with van der Waals surface area (Å²) in [6.07, 6.45) is 3.00. The molecule has 2 rings (SSSR count). The number of anilines is 1. The van der Waals surface area contributed by atoms with Crippen LogP contribution in [-0.4, -0.2) is 13.0 Å². The van der Waals surface area contributed by atoms with E-state index in [1.807, 2.05) is 6.92 Å². The molecule has 0 aromatic heterocycles. The number of carbonyl (C=O) groups is 1. The maximum atomic E-state index is 12.1. The first-order chi connectivity index (χ1) is 10.9. The summed E-state index contributed by atoms with van der Waals surface area (Å²) >= 11 is 17.9. The van der Waals surface area contributed by atoms with Crippen molar-refractivity contribution in [2.24, 2.45) is 0 Å². The molecule has 0 spiro atoms. The highest BCUT2D eigenvalue weighted by atomic mass is 35.5. The summed E-state index contributed by atoms with van der Waals surface area (Å²) in [5.74, 6) is 0.183. The van der Waals surface area contributed by atoms with Gasteiger partial charge in [-0.15, -0.1) is 0 Å². The Morgan fingerprint density at radius 1 is 1.13 bits per heavy atom. The summed E-state index contributed by atoms with van der Waals surface area (Å²) in [5.41, 5.74) is 2.09. The van der Waals surface area contributed by atoms with E-state index in [0.29, 0.717) is 32.1 Å². The Bertz CT molecular complexity index is 773. The Labute approximate surface area is 149 Å². The monoisotopic (exact) mass is 369 g/mol. The SMILES string of the molecule is COc1cc(Cl)c(C)cc1NC(=O)/C=C/c1ccc(Cl)cc1Cl. The van der Waals surface area contributed by atoms with Gasteiger partial charge in [-0.05, 0) is 42.3 Å². The van der Waals surface area contributed by atoms with Crippen LogP contribution >= 0.6 is 34.8 Å². The largest absolute Gasteiger partial charge is 0.495 e. The van der Waals surface area contributed by atoms with Gasteiger partial charge in [0.25, 0.3) is 0 Å². The summed E-state index contributed by atoms with van der Waals surface area (Å²) in [5, 5.41) is 4.34. The van der Waals surface area contributed by atoms with Crippen molar-refractivity contribution in [3.05, 3.63) is 62.6 Å². The minimum absolute atomic E-state index is 0.309. The number of ether oxygens (including phenoxy) is 1. The predicted molar refractivity (Wildman–Crippen MR) is 96.9 cm³/mol. The van der Waals surface area contributed by atoms with Crippen molar-refractivity contribution in [3.63, 3.8) is 0 Å². The van der Waals surface area contributed by atoms with Crippen LogP contribution in [0.1, 0.15) is 11.1 Å². The van der Waals surface area contributed by atoms with E-state index in [1.54, 1.807) is 36.4 Å². The van der Waals surface area contributed by atoms with Crippen LogP contribution in [0, 0.1) is 6.92 Å². The van der Waals surface area contributed by atoms with E-state index in [1.165, 1.54) is 13.2 Å². The summed E-state index contributed by atoms with van der Waals surface area (Å²) in [6.45, 7) is 1.85. The summed E-state index contributed by atoms with van der Waals surface area (Å²) < 4.78 is 5.22. The molecule has 0 atom stereocenters. The third-order valence-electron chi connectivity index (χ3n) is 3.12. The number of rotatable bonds is 4. The van der Waals surface area contributed by atoms with E-state index >= 15 is 0 Å². The Morgan fingerprint density at radius 3 is 2.52 bits per heavy atom. The van der Waals surface area contributed by atoms with Crippen LogP contribution in [0.5, 0.6) is 5.75 Å². The van der Waals surface area contributed by atoms with E-state index < -0.39 is 0 Å². The number of carbonyl (C=O) groups excluding carboxylic acids is 1. The van der Waals surface area contributed by atoms with Gasteiger partial charge in [-0.1, -0.05) is 40.9 Å². The fraction of sp³-hybridized carbons (Fsp3) is 0.118. The molecule has 0 fully saturated rings. The number of nitrogens with one attached hydrogen (secondary N) is 1. The highest BCUT2D eigenvalue weighted by Gasteiger charge is 2.09. The molecule has 2 aromatic rings. The molecule has 0 saturated carbocycles. The third kappa shape index (κ3) is 4.64. The Hall–Kier alpha value is -1.68. The molecule has 0 unspecified atom stereocenters. The van der Waals surface area contributed by atoms with Gasteiger partial charge in [-0.25, -0.2) is 0 Å². The molecule has 2 aromatic carbocycles. The van der Waals surface area contributed by atoms with Crippen molar-refractivity contribution in [2.45, 2.75) is 6.92 Å². The number of aryl methyl sites for hydroxylation is 1. The number of amides is 1. The van der Waals surface area contributed by atoms with Gasteiger partial charge in [0.2, 0.25) is 5.91 Å². The number of benzene rings is 2. The maximum Gasteiger partial charge on any atom is 0.248 e. The lowest BCUT2D eigenvalue weighted by molar-refractivity contribution is -0.111. The van der Waals surface area contributed by atoms with Crippen molar-refractivity contribution in [1.29, 1.82) is 0 Å². The zero-order valence-corrected chi connectivity index (χ0v) is 14.8. The highest BCUT2D eigenvalue weighted by Crippen LogP contribution is 2.31. The number of hydrogen-bond donors (Lipinski definition) is 1. The predicted octanol–water partition coefficient (Wildman–Crippen LogP) is 5.62. The third-order valence-corrected chi connectivity index (χ3v) is 4.09. The standard InChI is InChI=1S/C17H14Cl3NO2/c1-10-7-15(16(23-2)9-13(10)19)21-17(22)6-4-11-3-5-12(18)8-14(11)20/h3-9H,1-2H3,(H,21,22)/b6-4+. The smallest absolute Gasteiger partial charge is 0.248 e. The molecule has 0 aliphatic rings. The van der Waals surface area contributed by atoms with E-state index in [0.717, 1.165) is 5.56 Å². The number of hydrogen-bond acceptors (Lipinski definition) is 2. The summed E-state index contributed by atoms with van der Waals surface area (Å²) in [7, 11) is 1.51. The highest BCUT2D eigenvalue weighted by molar-refractivity contribution is 6.35. The van der Waals surface area contributed by atoms with Gasteiger partial charge in [0.15, 0.2) is 0 Å². The molecule has 1 amide bonds. The van der Waals surface area contributed by atoms with E-state index in [4.69, 9.17) is 39.5 Å². The molecule has 3 nitrogen and oxygen atoms in total. The van der Waals surface area contributed by atoms with Gasteiger partial charge in [0.05, 0.1) is 12.8 Å². The maximum absolute atomic E-state index is 12.1. The average molecular weight is 371 g/mol. The van der Waals surface area contributed by atoms with Crippen LogP contribution in [0.4, 0.5) is 5.69 Å². The van der Waals surface area contributed by atoms with Crippen molar-refractivity contribution in [1.82, 2.24) is 0 Å². The zero-order chi connectivity index (χ0) is 17.0. The first kappa shape index (κ1) is 17.7. The minimum atomic E-state index is -0.309. The minimum Gasteiger partial charge on any atom is -0.495 e. The van der Waals surface area contributed by atoms with Gasteiger partial charge in [0.1, 0.15) is 5.75 Å². The molecule has 120 valence electrons. The van der Waals surface area contributed by atoms with Crippen molar-refractivity contribution >= 4 is 52.5 Å². The Morgan fingerprint density at radius 2 is 1.87 bits per heavy atom. The van der Waals surface area contributed by atoms with Crippen LogP contribution < -0.4 is 10.1 Å². The molecular weight excluding hydrogens is 357 g/mol. The molecule has 6 heteroatoms. The van der Waals surface area contributed by atoms with E-state index in [2.05, 4.69) is 5.32 Å². The Kier molecular flexibility index (Phi) is 5.94. The first-order valence-electron chi connectivity index (χ1n) is 6.69. The Balaban J connectivity index is 2.16. The summed E-state index contributed by atoms with van der Waals surface area (Å²) in [6, 6.07) is 8.47. The molecule has 0 bridgehead atoms. The van der Waals surface area contributed by atoms with Crippen LogP contribution in [0.25, 0.3) is 6.08 Å². The normalized spacial score (nSPS) is 10.8. The lowest BCUT2D eigenvalue weighted by atomic mass is 10.2. The van der Waals surface area contributed by atoms with Gasteiger partial charge < -0.3 is 10.1 Å². The van der Waals surface area contributed by atoms with E-state index in [-0.39, 0.29) is 5.91 Å². The molecular formula is C17H14Cl3NO2. The van der Waals surface area contributed by atoms with Gasteiger partial charge in [0, 0.05) is 27.2 Å². The van der Waals surface area contributed by atoms with E-state index in [9.17, 15) is 4.79 Å². The lowest BCUT2D eigenvalue weighted by Crippen LogP contribution is -2.09. The molecule has 0 radical (unpaired) electrons. The fourth-order valence-corrected chi connectivity index (χ4v) is 2.53. The van der Waals surface area contributed by atoms with Crippen molar-refractivity contribution in [2.75, 3.05) is 12.4 Å². The van der Waals surface area contributed by atoms with Crippen LogP contribution in [-0.2, 0) is 4.79 Å². The van der Waals surface area contributed by atoms with Crippen LogP contribution in [0.3, 0.4) is 0 Å². The molecule has 0 heterocycles. The number of halogens is 3. The first-order valence-corrected chi connectivity index (χ1v) is 7.82. The van der Waals surface area contributed by atoms with Gasteiger partial charge in [-0.2, -0.15) is 0 Å². The van der Waals surface area contributed by atoms with Crippen LogP contribution in [0.15, 0.2) is 36.4 Å². The zero-order valence-electron chi connectivity index (χ0n) is 12.5. The van der Waals surface area contributed by atoms with Crippen molar-refractivity contribution in [3.8, 4) is 5.75 Å². The quantitative estimate of drug-likeness (QED) is 0.710. The second-order valence-electron chi connectivity index (χ2n) is 4.79. The van der Waals surface area contributed by atoms with Crippen molar-refractivity contribution < 1.29 is 9.53 Å². The van der Waals surface area contributed by atoms with Gasteiger partial charge in [-0.3, -0.25) is 4.79 Å². The summed E-state index contributed by atoms with van der Waals surface area (Å²) in [4.78, 5) is 12.1. The molecule has 0 aliphatic carbocycles. The van der Waals surface area contributed by atoms with Crippen LogP contribution in [0.2, 0.25) is 15.1 Å². The molecule has 1 N–H and O–H groups in total. The molecule has 23 heavy (non-hydrogen) atoms. The molecule has 0 saturated heterocycles. The second kappa shape index (κ2) is 7.73. The number of methoxy groups -OCH3 is 1. The fourth-order valence-electron chi connectivity index (χ4n) is 1.91. The molecule has 0 aliphatic heterocycles. The second-order valence-corrected chi connectivity index (χ2v) is 6.04. The average Bonchev–Trinajstić information content (AvgIpc) is 2.49. The lowest BCUT2D eigenvalue weighted by Gasteiger charge is -2.11. The topological polar surface area (TPSA) is 38.3 Å².